The van der Waals surface area contributed by atoms with Gasteiger partial charge in [-0.2, -0.15) is 0 Å². The van der Waals surface area contributed by atoms with Gasteiger partial charge in [-0.3, -0.25) is 0 Å². The number of rotatable bonds is 4. The molecule has 0 aromatic rings. The van der Waals surface area contributed by atoms with E-state index in [0.717, 1.165) is 29.7 Å². The number of hydrogen-bond acceptors (Lipinski definition) is 2. The molecule has 1 saturated heterocycles. The Labute approximate surface area is 118 Å². The zero-order chi connectivity index (χ0) is 12.8. The first-order valence-corrected chi connectivity index (χ1v) is 8.79. The molecule has 4 aliphatic rings. The van der Waals surface area contributed by atoms with Crippen molar-refractivity contribution in [2.75, 3.05) is 19.6 Å². The Morgan fingerprint density at radius 2 is 1.79 bits per heavy atom. The Morgan fingerprint density at radius 3 is 2.63 bits per heavy atom. The van der Waals surface area contributed by atoms with E-state index in [1.807, 2.05) is 0 Å². The Morgan fingerprint density at radius 1 is 1.00 bits per heavy atom. The summed E-state index contributed by atoms with van der Waals surface area (Å²) in [5, 5.41) is 4.01. The fraction of sp³-hybridized carbons (Fsp3) is 1.00. The highest BCUT2D eigenvalue weighted by Crippen LogP contribution is 2.58. The molecule has 3 saturated carbocycles. The monoisotopic (exact) mass is 262 g/mol. The predicted octanol–water partition coefficient (Wildman–Crippen LogP) is 2.89. The third-order valence-electron chi connectivity index (χ3n) is 6.66. The minimum Gasteiger partial charge on any atom is -0.310 e. The molecule has 1 heterocycles. The summed E-state index contributed by atoms with van der Waals surface area (Å²) in [7, 11) is 0. The van der Waals surface area contributed by atoms with E-state index in [1.165, 1.54) is 45.3 Å². The molecular weight excluding hydrogens is 232 g/mol. The first-order chi connectivity index (χ1) is 9.31. The molecule has 3 aliphatic carbocycles. The van der Waals surface area contributed by atoms with Crippen molar-refractivity contribution in [1.82, 2.24) is 10.2 Å². The van der Waals surface area contributed by atoms with Crippen LogP contribution in [0.1, 0.15) is 51.9 Å². The van der Waals surface area contributed by atoms with E-state index in [4.69, 9.17) is 0 Å². The van der Waals surface area contributed by atoms with Crippen molar-refractivity contribution in [3.05, 3.63) is 0 Å². The molecular formula is C17H30N2. The maximum atomic E-state index is 4.01. The summed E-state index contributed by atoms with van der Waals surface area (Å²) in [6.45, 7) is 6.37. The standard InChI is InChI=1S/C17H30N2/c1-12(11-19-7-2-3-8-19)18-17-10-13-9-16(17)15-6-4-5-14(13)15/h12-18H,2-11H2,1H3. The van der Waals surface area contributed by atoms with E-state index in [0.29, 0.717) is 6.04 Å². The summed E-state index contributed by atoms with van der Waals surface area (Å²) < 4.78 is 0. The number of hydrogen-bond donors (Lipinski definition) is 1. The van der Waals surface area contributed by atoms with Crippen molar-refractivity contribution in [2.24, 2.45) is 23.7 Å². The van der Waals surface area contributed by atoms with Gasteiger partial charge < -0.3 is 10.2 Å². The predicted molar refractivity (Wildman–Crippen MR) is 79.1 cm³/mol. The van der Waals surface area contributed by atoms with Gasteiger partial charge in [0.05, 0.1) is 0 Å². The topological polar surface area (TPSA) is 15.3 Å². The van der Waals surface area contributed by atoms with Gasteiger partial charge in [0.2, 0.25) is 0 Å². The first-order valence-electron chi connectivity index (χ1n) is 8.79. The smallest absolute Gasteiger partial charge is 0.0169 e. The van der Waals surface area contributed by atoms with Gasteiger partial charge in [0, 0.05) is 18.6 Å². The van der Waals surface area contributed by atoms with Crippen molar-refractivity contribution in [3.63, 3.8) is 0 Å². The molecule has 1 N–H and O–H groups in total. The highest BCUT2D eigenvalue weighted by atomic mass is 15.2. The number of nitrogens with zero attached hydrogens (tertiary/aromatic N) is 1. The molecule has 2 bridgehead atoms. The number of fused-ring (bicyclic) bond motifs is 5. The highest BCUT2D eigenvalue weighted by molar-refractivity contribution is 5.05. The molecule has 2 nitrogen and oxygen atoms in total. The largest absolute Gasteiger partial charge is 0.310 e. The van der Waals surface area contributed by atoms with Gasteiger partial charge in [0.25, 0.3) is 0 Å². The Kier molecular flexibility index (Phi) is 3.35. The van der Waals surface area contributed by atoms with Crippen molar-refractivity contribution in [3.8, 4) is 0 Å². The van der Waals surface area contributed by atoms with E-state index < -0.39 is 0 Å². The van der Waals surface area contributed by atoms with E-state index in [-0.39, 0.29) is 0 Å². The third-order valence-corrected chi connectivity index (χ3v) is 6.66. The summed E-state index contributed by atoms with van der Waals surface area (Å²) in [4.78, 5) is 2.66. The molecule has 6 atom stereocenters. The van der Waals surface area contributed by atoms with Gasteiger partial charge in [0.1, 0.15) is 0 Å². The quantitative estimate of drug-likeness (QED) is 0.838. The summed E-state index contributed by atoms with van der Waals surface area (Å²) in [6.07, 6.45) is 10.5. The molecule has 108 valence electrons. The van der Waals surface area contributed by atoms with Crippen LogP contribution < -0.4 is 5.32 Å². The molecule has 0 spiro atoms. The average Bonchev–Trinajstić information content (AvgIpc) is 3.10. The van der Waals surface area contributed by atoms with E-state index >= 15 is 0 Å². The van der Waals surface area contributed by atoms with Crippen LogP contribution >= 0.6 is 0 Å². The van der Waals surface area contributed by atoms with Crippen LogP contribution in [0.2, 0.25) is 0 Å². The lowest BCUT2D eigenvalue weighted by atomic mass is 9.79. The molecule has 1 aliphatic heterocycles. The van der Waals surface area contributed by atoms with E-state index in [9.17, 15) is 0 Å². The summed E-state index contributed by atoms with van der Waals surface area (Å²) >= 11 is 0. The van der Waals surface area contributed by atoms with Crippen LogP contribution in [0.4, 0.5) is 0 Å². The van der Waals surface area contributed by atoms with Crippen LogP contribution in [-0.4, -0.2) is 36.6 Å². The summed E-state index contributed by atoms with van der Waals surface area (Å²) in [6, 6.07) is 1.56. The first kappa shape index (κ1) is 12.6. The molecule has 0 aromatic carbocycles. The van der Waals surface area contributed by atoms with Gasteiger partial charge >= 0.3 is 0 Å². The van der Waals surface area contributed by atoms with Gasteiger partial charge in [-0.1, -0.05) is 6.42 Å². The fourth-order valence-electron chi connectivity index (χ4n) is 6.03. The van der Waals surface area contributed by atoms with Gasteiger partial charge in [-0.15, -0.1) is 0 Å². The van der Waals surface area contributed by atoms with Crippen molar-refractivity contribution in [2.45, 2.75) is 64.0 Å². The lowest BCUT2D eigenvalue weighted by Crippen LogP contribution is -2.47. The zero-order valence-corrected chi connectivity index (χ0v) is 12.5. The molecule has 0 amide bonds. The molecule has 19 heavy (non-hydrogen) atoms. The zero-order valence-electron chi connectivity index (χ0n) is 12.5. The molecule has 4 rings (SSSR count). The summed E-state index contributed by atoms with van der Waals surface area (Å²) in [5.41, 5.74) is 0. The van der Waals surface area contributed by atoms with Crippen LogP contribution in [0, 0.1) is 23.7 Å². The Hall–Kier alpha value is -0.0800. The SMILES string of the molecule is CC(CN1CCCC1)NC1CC2CC1C1CCCC21. The van der Waals surface area contributed by atoms with Crippen LogP contribution in [0.25, 0.3) is 0 Å². The average molecular weight is 262 g/mol. The van der Waals surface area contributed by atoms with Gasteiger partial charge in [-0.25, -0.2) is 0 Å². The molecule has 4 fully saturated rings. The second-order valence-electron chi connectivity index (χ2n) is 7.84. The summed E-state index contributed by atoms with van der Waals surface area (Å²) in [5.74, 6) is 4.37. The van der Waals surface area contributed by atoms with Crippen molar-refractivity contribution >= 4 is 0 Å². The molecule has 0 aromatic heterocycles. The number of nitrogens with one attached hydrogen (secondary N) is 1. The normalized spacial score (nSPS) is 46.9. The second kappa shape index (κ2) is 5.04. The molecule has 0 radical (unpaired) electrons. The van der Waals surface area contributed by atoms with Gasteiger partial charge in [0.15, 0.2) is 0 Å². The van der Waals surface area contributed by atoms with Crippen LogP contribution in [-0.2, 0) is 0 Å². The van der Waals surface area contributed by atoms with E-state index in [1.54, 1.807) is 19.3 Å². The second-order valence-corrected chi connectivity index (χ2v) is 7.84. The Balaban J connectivity index is 1.31. The maximum Gasteiger partial charge on any atom is 0.0169 e. The fourth-order valence-corrected chi connectivity index (χ4v) is 6.03. The minimum absolute atomic E-state index is 0.697. The lowest BCUT2D eigenvalue weighted by molar-refractivity contribution is 0.188. The van der Waals surface area contributed by atoms with Crippen LogP contribution in [0.5, 0.6) is 0 Å². The highest BCUT2D eigenvalue weighted by Gasteiger charge is 2.53. The Bertz CT molecular complexity index is 323. The third kappa shape index (κ3) is 2.25. The van der Waals surface area contributed by atoms with Gasteiger partial charge in [-0.05, 0) is 82.2 Å². The lowest BCUT2D eigenvalue weighted by Gasteiger charge is -2.34. The van der Waals surface area contributed by atoms with E-state index in [2.05, 4.69) is 17.1 Å². The van der Waals surface area contributed by atoms with Crippen LogP contribution in [0.3, 0.4) is 0 Å². The van der Waals surface area contributed by atoms with Crippen molar-refractivity contribution in [1.29, 1.82) is 0 Å². The molecule has 2 heteroatoms. The minimum atomic E-state index is 0.697. The van der Waals surface area contributed by atoms with Crippen molar-refractivity contribution < 1.29 is 0 Å². The molecule has 6 unspecified atom stereocenters. The maximum absolute atomic E-state index is 4.01. The number of likely N-dealkylation sites (tertiary alicyclic amines) is 1. The van der Waals surface area contributed by atoms with Crippen LogP contribution in [0.15, 0.2) is 0 Å².